The molecular weight excluding hydrogens is 334 g/mol. The van der Waals surface area contributed by atoms with Crippen LogP contribution in [0.4, 0.5) is 17.6 Å². The van der Waals surface area contributed by atoms with Crippen LogP contribution in [0.5, 0.6) is 0 Å². The Kier molecular flexibility index (Phi) is 4.57. The van der Waals surface area contributed by atoms with Crippen LogP contribution in [0.15, 0.2) is 22.7 Å². The highest BCUT2D eigenvalue weighted by atomic mass is 79.9. The van der Waals surface area contributed by atoms with E-state index in [1.807, 2.05) is 5.32 Å². The molecule has 0 aliphatic heterocycles. The van der Waals surface area contributed by atoms with Crippen molar-refractivity contribution in [3.63, 3.8) is 0 Å². The molecule has 106 valence electrons. The minimum atomic E-state index is -4.55. The van der Waals surface area contributed by atoms with Gasteiger partial charge in [0.05, 0.1) is 11.0 Å². The van der Waals surface area contributed by atoms with Crippen LogP contribution in [-0.2, 0) is 10.3 Å². The van der Waals surface area contributed by atoms with Crippen LogP contribution in [0.25, 0.3) is 0 Å². The van der Waals surface area contributed by atoms with Gasteiger partial charge in [-0.2, -0.15) is 13.2 Å². The van der Waals surface area contributed by atoms with Gasteiger partial charge in [-0.1, -0.05) is 6.07 Å². The van der Waals surface area contributed by atoms with Gasteiger partial charge in [-0.3, -0.25) is 5.32 Å². The van der Waals surface area contributed by atoms with Gasteiger partial charge in [-0.25, -0.2) is 9.18 Å². The van der Waals surface area contributed by atoms with E-state index in [9.17, 15) is 22.4 Å². The second-order valence-corrected chi connectivity index (χ2v) is 4.88. The summed E-state index contributed by atoms with van der Waals surface area (Å²) in [5.74, 6) is -2.12. The lowest BCUT2D eigenvalue weighted by Crippen LogP contribution is -2.50. The lowest BCUT2D eigenvalue weighted by atomic mass is 9.92. The third-order valence-electron chi connectivity index (χ3n) is 2.57. The molecule has 0 heterocycles. The van der Waals surface area contributed by atoms with Gasteiger partial charge >= 0.3 is 12.1 Å². The summed E-state index contributed by atoms with van der Waals surface area (Å²) in [6, 6.07) is 3.24. The first-order valence-corrected chi connectivity index (χ1v) is 5.86. The van der Waals surface area contributed by atoms with E-state index in [2.05, 4.69) is 15.9 Å². The quantitative estimate of drug-likeness (QED) is 0.826. The van der Waals surface area contributed by atoms with Gasteiger partial charge in [0.15, 0.2) is 0 Å². The van der Waals surface area contributed by atoms with Crippen LogP contribution in [0.1, 0.15) is 12.5 Å². The van der Waals surface area contributed by atoms with Gasteiger partial charge in [0.25, 0.3) is 0 Å². The molecule has 0 amide bonds. The maximum absolute atomic E-state index is 13.1. The fourth-order valence-corrected chi connectivity index (χ4v) is 1.76. The van der Waals surface area contributed by atoms with E-state index >= 15 is 0 Å². The van der Waals surface area contributed by atoms with Crippen molar-refractivity contribution in [2.75, 3.05) is 6.54 Å². The summed E-state index contributed by atoms with van der Waals surface area (Å²) in [5.41, 5.74) is -1.95. The zero-order valence-electron chi connectivity index (χ0n) is 9.68. The minimum Gasteiger partial charge on any atom is -0.480 e. The predicted molar refractivity (Wildman–Crippen MR) is 63.1 cm³/mol. The monoisotopic (exact) mass is 343 g/mol. The van der Waals surface area contributed by atoms with E-state index in [0.717, 1.165) is 25.1 Å². The molecule has 19 heavy (non-hydrogen) atoms. The van der Waals surface area contributed by atoms with Crippen molar-refractivity contribution < 1.29 is 27.5 Å². The number of hydrogen-bond acceptors (Lipinski definition) is 2. The Labute approximate surface area is 114 Å². The highest BCUT2D eigenvalue weighted by Crippen LogP contribution is 2.27. The Morgan fingerprint density at radius 1 is 1.42 bits per heavy atom. The van der Waals surface area contributed by atoms with Gasteiger partial charge in [0, 0.05) is 0 Å². The number of carboxylic acids is 1. The molecule has 0 spiro atoms. The molecular formula is C11H10BrF4NO2. The third-order valence-corrected chi connectivity index (χ3v) is 3.17. The molecule has 1 aromatic rings. The minimum absolute atomic E-state index is 0.0116. The molecule has 0 radical (unpaired) electrons. The number of rotatable bonds is 4. The normalized spacial score (nSPS) is 15.1. The van der Waals surface area contributed by atoms with E-state index in [1.54, 1.807) is 0 Å². The van der Waals surface area contributed by atoms with Gasteiger partial charge in [0.1, 0.15) is 11.4 Å². The van der Waals surface area contributed by atoms with Gasteiger partial charge < -0.3 is 5.11 Å². The summed E-state index contributed by atoms with van der Waals surface area (Å²) in [6.07, 6.45) is -4.55. The second-order valence-electron chi connectivity index (χ2n) is 4.03. The number of aliphatic carboxylic acids is 1. The Hall–Kier alpha value is -1.15. The number of halogens is 5. The smallest absolute Gasteiger partial charge is 0.401 e. The molecule has 0 saturated carbocycles. The van der Waals surface area contributed by atoms with Crippen molar-refractivity contribution in [1.82, 2.24) is 5.32 Å². The number of nitrogens with one attached hydrogen (secondary N) is 1. The van der Waals surface area contributed by atoms with Crippen LogP contribution in [0.3, 0.4) is 0 Å². The number of carbonyl (C=O) groups is 1. The summed E-state index contributed by atoms with van der Waals surface area (Å²) in [5, 5.41) is 11.0. The molecule has 0 bridgehead atoms. The van der Waals surface area contributed by atoms with Crippen molar-refractivity contribution >= 4 is 21.9 Å². The van der Waals surface area contributed by atoms with Crippen molar-refractivity contribution in [2.24, 2.45) is 0 Å². The number of hydrogen-bond donors (Lipinski definition) is 2. The SMILES string of the molecule is CC(NCC(F)(F)F)(C(=O)O)c1ccc(F)c(Br)c1. The van der Waals surface area contributed by atoms with Crippen molar-refractivity contribution in [1.29, 1.82) is 0 Å². The van der Waals surface area contributed by atoms with Gasteiger partial charge in [0.2, 0.25) is 0 Å². The number of alkyl halides is 3. The summed E-state index contributed by atoms with van der Waals surface area (Å²) >= 11 is 2.86. The van der Waals surface area contributed by atoms with E-state index in [0.29, 0.717) is 0 Å². The molecule has 0 aliphatic carbocycles. The van der Waals surface area contributed by atoms with Crippen LogP contribution < -0.4 is 5.32 Å². The number of carboxylic acid groups (broad SMARTS) is 1. The van der Waals surface area contributed by atoms with E-state index in [-0.39, 0.29) is 10.0 Å². The Balaban J connectivity index is 3.11. The van der Waals surface area contributed by atoms with Crippen molar-refractivity contribution in [3.8, 4) is 0 Å². The average Bonchev–Trinajstić information content (AvgIpc) is 2.28. The van der Waals surface area contributed by atoms with Crippen molar-refractivity contribution in [3.05, 3.63) is 34.1 Å². The first-order chi connectivity index (χ1) is 8.56. The highest BCUT2D eigenvalue weighted by Gasteiger charge is 2.39. The molecule has 1 atom stereocenters. The highest BCUT2D eigenvalue weighted by molar-refractivity contribution is 9.10. The molecule has 3 nitrogen and oxygen atoms in total. The molecule has 1 aromatic carbocycles. The van der Waals surface area contributed by atoms with Crippen LogP contribution in [-0.4, -0.2) is 23.8 Å². The fourth-order valence-electron chi connectivity index (χ4n) is 1.39. The average molecular weight is 344 g/mol. The van der Waals surface area contributed by atoms with Crippen LogP contribution in [0.2, 0.25) is 0 Å². The van der Waals surface area contributed by atoms with Crippen LogP contribution >= 0.6 is 15.9 Å². The Morgan fingerprint density at radius 2 is 2.00 bits per heavy atom. The lowest BCUT2D eigenvalue weighted by molar-refractivity contribution is -0.150. The van der Waals surface area contributed by atoms with Crippen molar-refractivity contribution in [2.45, 2.75) is 18.6 Å². The van der Waals surface area contributed by atoms with E-state index < -0.39 is 30.0 Å². The summed E-state index contributed by atoms with van der Waals surface area (Å²) in [7, 11) is 0. The standard InChI is InChI=1S/C11H10BrF4NO2/c1-10(9(18)19,17-5-11(14,15)16)6-2-3-8(13)7(12)4-6/h2-4,17H,5H2,1H3,(H,18,19). The maximum atomic E-state index is 13.1. The summed E-state index contributed by atoms with van der Waals surface area (Å²) in [6.45, 7) is -0.383. The van der Waals surface area contributed by atoms with Gasteiger partial charge in [-0.05, 0) is 40.5 Å². The molecule has 0 aliphatic rings. The van der Waals surface area contributed by atoms with Gasteiger partial charge in [-0.15, -0.1) is 0 Å². The molecule has 0 fully saturated rings. The molecule has 8 heteroatoms. The molecule has 1 rings (SSSR count). The lowest BCUT2D eigenvalue weighted by Gasteiger charge is -2.27. The zero-order chi connectivity index (χ0) is 14.8. The third kappa shape index (κ3) is 3.90. The van der Waals surface area contributed by atoms with E-state index in [1.165, 1.54) is 0 Å². The summed E-state index contributed by atoms with van der Waals surface area (Å²) in [4.78, 5) is 11.2. The Morgan fingerprint density at radius 3 is 2.42 bits per heavy atom. The molecule has 0 aromatic heterocycles. The second kappa shape index (κ2) is 5.46. The fraction of sp³-hybridized carbons (Fsp3) is 0.364. The zero-order valence-corrected chi connectivity index (χ0v) is 11.3. The van der Waals surface area contributed by atoms with Crippen LogP contribution in [0, 0.1) is 5.82 Å². The topological polar surface area (TPSA) is 49.3 Å². The maximum Gasteiger partial charge on any atom is 0.401 e. The predicted octanol–water partition coefficient (Wildman–Crippen LogP) is 3.04. The molecule has 2 N–H and O–H groups in total. The molecule has 1 unspecified atom stereocenters. The Bertz CT molecular complexity index is 492. The number of benzene rings is 1. The molecule has 0 saturated heterocycles. The first kappa shape index (κ1) is 15.9. The largest absolute Gasteiger partial charge is 0.480 e. The van der Waals surface area contributed by atoms with E-state index in [4.69, 9.17) is 5.11 Å². The first-order valence-electron chi connectivity index (χ1n) is 5.07. The summed E-state index contributed by atoms with van der Waals surface area (Å²) < 4.78 is 49.6.